The first-order chi connectivity index (χ1) is 13.3. The van der Waals surface area contributed by atoms with Crippen molar-refractivity contribution in [2.24, 2.45) is 4.99 Å². The van der Waals surface area contributed by atoms with E-state index in [4.69, 9.17) is 0 Å². The average molecular weight is 351 g/mol. The van der Waals surface area contributed by atoms with Crippen LogP contribution in [0.1, 0.15) is 23.1 Å². The minimum atomic E-state index is -0.396. The summed E-state index contributed by atoms with van der Waals surface area (Å²) < 4.78 is 0. The van der Waals surface area contributed by atoms with Crippen LogP contribution in [-0.4, -0.2) is 17.3 Å². The van der Waals surface area contributed by atoms with E-state index in [1.54, 1.807) is 0 Å². The van der Waals surface area contributed by atoms with Gasteiger partial charge in [-0.15, -0.1) is 0 Å². The molecule has 132 valence electrons. The van der Waals surface area contributed by atoms with Crippen LogP contribution in [0, 0.1) is 11.5 Å². The first-order valence-electron chi connectivity index (χ1n) is 9.22. The Hall–Kier alpha value is -3.38. The molecule has 0 aromatic heterocycles. The lowest BCUT2D eigenvalue weighted by molar-refractivity contribution is 0.448. The van der Waals surface area contributed by atoms with E-state index >= 15 is 0 Å². The Morgan fingerprint density at radius 1 is 0.815 bits per heavy atom. The number of hydrogen-bond acceptors (Lipinski definition) is 2. The lowest BCUT2D eigenvalue weighted by Gasteiger charge is -2.32. The fraction of sp³-hybridized carbons (Fsp3) is 0.167. The van der Waals surface area contributed by atoms with Crippen molar-refractivity contribution in [2.45, 2.75) is 18.4 Å². The number of benzene rings is 3. The van der Waals surface area contributed by atoms with E-state index in [1.165, 1.54) is 16.7 Å². The summed E-state index contributed by atoms with van der Waals surface area (Å²) in [5, 5.41) is 9.47. The normalized spacial score (nSPS) is 17.0. The van der Waals surface area contributed by atoms with E-state index in [0.29, 0.717) is 0 Å². The minimum absolute atomic E-state index is 0.396. The van der Waals surface area contributed by atoms with Crippen molar-refractivity contribution in [3.8, 4) is 6.19 Å². The minimum Gasteiger partial charge on any atom is -0.354 e. The van der Waals surface area contributed by atoms with Gasteiger partial charge in [-0.05, 0) is 23.1 Å². The van der Waals surface area contributed by atoms with Crippen LogP contribution < -0.4 is 0 Å². The van der Waals surface area contributed by atoms with E-state index in [1.807, 2.05) is 30.3 Å². The summed E-state index contributed by atoms with van der Waals surface area (Å²) in [5.41, 5.74) is 3.19. The fourth-order valence-corrected chi connectivity index (χ4v) is 4.12. The largest absolute Gasteiger partial charge is 0.354 e. The standard InChI is InChI=1S/C24H21N3/c25-19-26-23-24(21-12-6-2-7-13-21,22-14-8-3-9-15-22)16-17-27(23)18-20-10-4-1-5-11-20/h1-15H,16-18H2. The Bertz CT molecular complexity index is 917. The SMILES string of the molecule is N#CN=C1N(Cc2ccccc2)CCC1(c1ccccc1)c1ccccc1. The van der Waals surface area contributed by atoms with Crippen LogP contribution in [0.4, 0.5) is 0 Å². The highest BCUT2D eigenvalue weighted by atomic mass is 15.2. The van der Waals surface area contributed by atoms with Crippen LogP contribution in [-0.2, 0) is 12.0 Å². The Kier molecular flexibility index (Phi) is 4.72. The highest BCUT2D eigenvalue weighted by molar-refractivity contribution is 5.99. The van der Waals surface area contributed by atoms with Crippen LogP contribution in [0.2, 0.25) is 0 Å². The molecule has 4 rings (SSSR count). The molecule has 1 aliphatic heterocycles. The molecule has 27 heavy (non-hydrogen) atoms. The second-order valence-corrected chi connectivity index (χ2v) is 6.83. The van der Waals surface area contributed by atoms with Crippen LogP contribution in [0.3, 0.4) is 0 Å². The molecule has 0 spiro atoms. The van der Waals surface area contributed by atoms with Crippen molar-refractivity contribution in [3.63, 3.8) is 0 Å². The van der Waals surface area contributed by atoms with Gasteiger partial charge in [0.25, 0.3) is 0 Å². The van der Waals surface area contributed by atoms with Gasteiger partial charge < -0.3 is 4.90 Å². The number of likely N-dealkylation sites (tertiary alicyclic amines) is 1. The lowest BCUT2D eigenvalue weighted by atomic mass is 9.73. The van der Waals surface area contributed by atoms with Gasteiger partial charge in [-0.25, -0.2) is 0 Å². The average Bonchev–Trinajstić information content (AvgIpc) is 3.09. The molecule has 0 radical (unpaired) electrons. The molecule has 1 fully saturated rings. The molecule has 0 unspecified atom stereocenters. The van der Waals surface area contributed by atoms with E-state index in [2.05, 4.69) is 76.7 Å². The zero-order valence-corrected chi connectivity index (χ0v) is 15.1. The molecule has 3 aromatic carbocycles. The molecule has 3 nitrogen and oxygen atoms in total. The quantitative estimate of drug-likeness (QED) is 0.636. The topological polar surface area (TPSA) is 39.4 Å². The zero-order valence-electron chi connectivity index (χ0n) is 15.1. The number of amidine groups is 1. The molecule has 3 aromatic rings. The third kappa shape index (κ3) is 3.11. The Morgan fingerprint density at radius 3 is 1.85 bits per heavy atom. The molecule has 0 atom stereocenters. The van der Waals surface area contributed by atoms with Crippen LogP contribution in [0.5, 0.6) is 0 Å². The summed E-state index contributed by atoms with van der Waals surface area (Å²) in [6, 6.07) is 31.2. The molecule has 3 heteroatoms. The van der Waals surface area contributed by atoms with E-state index in [-0.39, 0.29) is 0 Å². The second kappa shape index (κ2) is 7.47. The van der Waals surface area contributed by atoms with Gasteiger partial charge in [0.2, 0.25) is 6.19 Å². The van der Waals surface area contributed by atoms with Crippen molar-refractivity contribution in [1.29, 1.82) is 5.26 Å². The Morgan fingerprint density at radius 2 is 1.33 bits per heavy atom. The first kappa shape index (κ1) is 17.1. The monoisotopic (exact) mass is 351 g/mol. The van der Waals surface area contributed by atoms with E-state index < -0.39 is 5.41 Å². The summed E-state index contributed by atoms with van der Waals surface area (Å²) >= 11 is 0. The summed E-state index contributed by atoms with van der Waals surface area (Å²) in [5.74, 6) is 0.839. The van der Waals surface area contributed by atoms with Gasteiger partial charge in [-0.1, -0.05) is 91.0 Å². The van der Waals surface area contributed by atoms with Crippen molar-refractivity contribution in [2.75, 3.05) is 6.54 Å². The van der Waals surface area contributed by atoms with Crippen LogP contribution in [0.15, 0.2) is 96.0 Å². The summed E-state index contributed by atoms with van der Waals surface area (Å²) in [6.45, 7) is 1.61. The van der Waals surface area contributed by atoms with E-state index in [9.17, 15) is 5.26 Å². The summed E-state index contributed by atoms with van der Waals surface area (Å²) in [6.07, 6.45) is 2.96. The maximum Gasteiger partial charge on any atom is 0.207 e. The van der Waals surface area contributed by atoms with Crippen molar-refractivity contribution >= 4 is 5.84 Å². The first-order valence-corrected chi connectivity index (χ1v) is 9.22. The molecule has 0 amide bonds. The molecule has 1 aliphatic rings. The van der Waals surface area contributed by atoms with Gasteiger partial charge in [0.1, 0.15) is 5.84 Å². The maximum atomic E-state index is 9.47. The molecule has 0 aliphatic carbocycles. The zero-order chi connectivity index (χ0) is 18.5. The van der Waals surface area contributed by atoms with E-state index in [0.717, 1.165) is 25.3 Å². The van der Waals surface area contributed by atoms with Crippen LogP contribution in [0.25, 0.3) is 0 Å². The molecular formula is C24H21N3. The molecule has 0 bridgehead atoms. The Balaban J connectivity index is 1.84. The lowest BCUT2D eigenvalue weighted by Crippen LogP contribution is -2.38. The Labute approximate surface area is 160 Å². The number of rotatable bonds is 4. The maximum absolute atomic E-state index is 9.47. The van der Waals surface area contributed by atoms with Gasteiger partial charge >= 0.3 is 0 Å². The predicted molar refractivity (Wildman–Crippen MR) is 108 cm³/mol. The summed E-state index contributed by atoms with van der Waals surface area (Å²) in [4.78, 5) is 6.60. The summed E-state index contributed by atoms with van der Waals surface area (Å²) in [7, 11) is 0. The third-order valence-electron chi connectivity index (χ3n) is 5.34. The number of hydrogen-bond donors (Lipinski definition) is 0. The number of nitriles is 1. The highest BCUT2D eigenvalue weighted by Gasteiger charge is 2.47. The van der Waals surface area contributed by atoms with Gasteiger partial charge in [0.15, 0.2) is 0 Å². The predicted octanol–water partition coefficient (Wildman–Crippen LogP) is 4.76. The fourth-order valence-electron chi connectivity index (χ4n) is 4.12. The molecule has 1 saturated heterocycles. The number of aliphatic imine (C=N–C) groups is 1. The van der Waals surface area contributed by atoms with Crippen LogP contribution >= 0.6 is 0 Å². The van der Waals surface area contributed by atoms with Gasteiger partial charge in [0, 0.05) is 13.1 Å². The van der Waals surface area contributed by atoms with Gasteiger partial charge in [-0.2, -0.15) is 10.3 Å². The van der Waals surface area contributed by atoms with Gasteiger partial charge in [0.05, 0.1) is 5.41 Å². The molecule has 0 N–H and O–H groups in total. The molecule has 1 heterocycles. The van der Waals surface area contributed by atoms with Crippen molar-refractivity contribution in [3.05, 3.63) is 108 Å². The highest BCUT2D eigenvalue weighted by Crippen LogP contribution is 2.43. The smallest absolute Gasteiger partial charge is 0.207 e. The number of nitrogens with zero attached hydrogens (tertiary/aromatic N) is 3. The van der Waals surface area contributed by atoms with Crippen molar-refractivity contribution in [1.82, 2.24) is 4.90 Å². The second-order valence-electron chi connectivity index (χ2n) is 6.83. The van der Waals surface area contributed by atoms with Crippen molar-refractivity contribution < 1.29 is 0 Å². The van der Waals surface area contributed by atoms with Gasteiger partial charge in [-0.3, -0.25) is 0 Å². The third-order valence-corrected chi connectivity index (χ3v) is 5.34. The molecule has 0 saturated carbocycles. The molecular weight excluding hydrogens is 330 g/mol.